The molecular formula is C29H37N3O5. The third kappa shape index (κ3) is 9.40. The molecule has 0 fully saturated rings. The van der Waals surface area contributed by atoms with Gasteiger partial charge in [-0.1, -0.05) is 48.5 Å². The number of nitrogens with zero attached hydrogens (tertiary/aromatic N) is 3. The first-order valence-electron chi connectivity index (χ1n) is 12.5. The molecule has 37 heavy (non-hydrogen) atoms. The first-order chi connectivity index (χ1) is 18.1. The minimum Gasteiger partial charge on any atom is -0.484 e. The van der Waals surface area contributed by atoms with E-state index in [1.54, 1.807) is 36.2 Å². The molecule has 0 aliphatic carbocycles. The van der Waals surface area contributed by atoms with Crippen LogP contribution in [0.5, 0.6) is 5.75 Å². The number of amides is 2. The summed E-state index contributed by atoms with van der Waals surface area (Å²) in [4.78, 5) is 29.8. The van der Waals surface area contributed by atoms with Crippen molar-refractivity contribution in [2.24, 2.45) is 0 Å². The molecule has 0 spiro atoms. The smallest absolute Gasteiger partial charge is 0.260 e. The van der Waals surface area contributed by atoms with Crippen LogP contribution in [0.4, 0.5) is 0 Å². The maximum absolute atomic E-state index is 13.5. The van der Waals surface area contributed by atoms with Crippen LogP contribution in [-0.2, 0) is 32.2 Å². The van der Waals surface area contributed by atoms with Crippen LogP contribution in [-0.4, -0.2) is 79.9 Å². The number of aromatic nitrogens is 1. The van der Waals surface area contributed by atoms with Gasteiger partial charge in [0.15, 0.2) is 6.61 Å². The molecule has 0 atom stereocenters. The molecule has 0 saturated carbocycles. The third-order valence-corrected chi connectivity index (χ3v) is 5.95. The monoisotopic (exact) mass is 507 g/mol. The largest absolute Gasteiger partial charge is 0.484 e. The van der Waals surface area contributed by atoms with Crippen LogP contribution in [0.1, 0.15) is 17.7 Å². The summed E-state index contributed by atoms with van der Waals surface area (Å²) in [6.07, 6.45) is 2.64. The highest BCUT2D eigenvalue weighted by atomic mass is 16.5. The minimum atomic E-state index is -0.243. The lowest BCUT2D eigenvalue weighted by Crippen LogP contribution is -2.45. The number of hydrogen-bond donors (Lipinski definition) is 0. The average molecular weight is 508 g/mol. The van der Waals surface area contributed by atoms with Gasteiger partial charge in [-0.3, -0.25) is 9.59 Å². The number of methoxy groups -OCH3 is 2. The molecule has 1 aromatic heterocycles. The Hall–Kier alpha value is -3.62. The van der Waals surface area contributed by atoms with Gasteiger partial charge >= 0.3 is 0 Å². The number of ether oxygens (including phenoxy) is 3. The minimum absolute atomic E-state index is 0.0379. The Morgan fingerprint density at radius 1 is 0.784 bits per heavy atom. The van der Waals surface area contributed by atoms with E-state index >= 15 is 0 Å². The Balaban J connectivity index is 1.67. The Morgan fingerprint density at radius 3 is 2.19 bits per heavy atom. The van der Waals surface area contributed by atoms with E-state index in [9.17, 15) is 9.59 Å². The lowest BCUT2D eigenvalue weighted by molar-refractivity contribution is -0.142. The third-order valence-electron chi connectivity index (χ3n) is 5.95. The van der Waals surface area contributed by atoms with Crippen LogP contribution in [0.2, 0.25) is 0 Å². The van der Waals surface area contributed by atoms with Crippen molar-refractivity contribution in [1.82, 2.24) is 14.4 Å². The Bertz CT molecular complexity index is 1070. The quantitative estimate of drug-likeness (QED) is 0.278. The Labute approximate surface area is 219 Å². The van der Waals surface area contributed by atoms with Crippen LogP contribution in [0.3, 0.4) is 0 Å². The second-order valence-corrected chi connectivity index (χ2v) is 8.68. The van der Waals surface area contributed by atoms with Crippen LogP contribution in [0.15, 0.2) is 79.0 Å². The standard InChI is InChI=1S/C29H37N3O5/c1-35-19-10-17-31(29(34)24-37-27-14-7-4-8-15-27)23-28(33)32(18-20-36-2)22-26-13-9-16-30(26)21-25-11-5-3-6-12-25/h3-9,11-16H,10,17-24H2,1-2H3. The van der Waals surface area contributed by atoms with E-state index in [2.05, 4.69) is 16.7 Å². The first-order valence-corrected chi connectivity index (χ1v) is 12.5. The second-order valence-electron chi connectivity index (χ2n) is 8.68. The maximum atomic E-state index is 13.5. The molecule has 8 heteroatoms. The number of benzene rings is 2. The fourth-order valence-electron chi connectivity index (χ4n) is 3.92. The number of hydrogen-bond acceptors (Lipinski definition) is 5. The lowest BCUT2D eigenvalue weighted by atomic mass is 10.2. The van der Waals surface area contributed by atoms with E-state index in [0.29, 0.717) is 51.6 Å². The topological polar surface area (TPSA) is 73.2 Å². The molecule has 2 aromatic carbocycles. The van der Waals surface area contributed by atoms with Gasteiger partial charge in [0.25, 0.3) is 5.91 Å². The van der Waals surface area contributed by atoms with Crippen molar-refractivity contribution in [3.05, 3.63) is 90.3 Å². The van der Waals surface area contributed by atoms with Crippen molar-refractivity contribution in [1.29, 1.82) is 0 Å². The van der Waals surface area contributed by atoms with Gasteiger partial charge in [0.2, 0.25) is 5.91 Å². The summed E-state index contributed by atoms with van der Waals surface area (Å²) >= 11 is 0. The molecule has 0 saturated heterocycles. The number of para-hydroxylation sites is 1. The van der Waals surface area contributed by atoms with Crippen molar-refractivity contribution in [2.45, 2.75) is 19.5 Å². The Kier molecular flexibility index (Phi) is 11.7. The van der Waals surface area contributed by atoms with Crippen molar-refractivity contribution < 1.29 is 23.8 Å². The zero-order valence-corrected chi connectivity index (χ0v) is 21.8. The fourth-order valence-corrected chi connectivity index (χ4v) is 3.92. The van der Waals surface area contributed by atoms with Crippen LogP contribution in [0, 0.1) is 0 Å². The molecule has 0 aliphatic heterocycles. The Morgan fingerprint density at radius 2 is 1.49 bits per heavy atom. The van der Waals surface area contributed by atoms with Crippen LogP contribution in [0.25, 0.3) is 0 Å². The van der Waals surface area contributed by atoms with Gasteiger partial charge in [-0.15, -0.1) is 0 Å². The van der Waals surface area contributed by atoms with Crippen molar-refractivity contribution >= 4 is 11.8 Å². The predicted octanol–water partition coefficient (Wildman–Crippen LogP) is 3.46. The zero-order chi connectivity index (χ0) is 26.3. The van der Waals surface area contributed by atoms with Gasteiger partial charge in [0, 0.05) is 52.4 Å². The molecule has 0 radical (unpaired) electrons. The highest BCUT2D eigenvalue weighted by molar-refractivity contribution is 5.85. The molecule has 0 aliphatic rings. The van der Waals surface area contributed by atoms with E-state index in [-0.39, 0.29) is 25.0 Å². The SMILES string of the molecule is COCCCN(CC(=O)N(CCOC)Cc1cccn1Cc1ccccc1)C(=O)COc1ccccc1. The maximum Gasteiger partial charge on any atom is 0.260 e. The van der Waals surface area contributed by atoms with E-state index in [0.717, 1.165) is 5.69 Å². The van der Waals surface area contributed by atoms with E-state index in [1.165, 1.54) is 5.56 Å². The van der Waals surface area contributed by atoms with Crippen molar-refractivity contribution in [3.63, 3.8) is 0 Å². The molecule has 1 heterocycles. The van der Waals surface area contributed by atoms with E-state index in [1.807, 2.05) is 54.7 Å². The molecule has 8 nitrogen and oxygen atoms in total. The van der Waals surface area contributed by atoms with E-state index < -0.39 is 0 Å². The summed E-state index contributed by atoms with van der Waals surface area (Å²) in [6.45, 7) is 2.69. The molecular weight excluding hydrogens is 470 g/mol. The second kappa shape index (κ2) is 15.5. The number of rotatable bonds is 16. The summed E-state index contributed by atoms with van der Waals surface area (Å²) in [5.74, 6) is 0.224. The number of carbonyl (C=O) groups excluding carboxylic acids is 2. The van der Waals surface area contributed by atoms with Gasteiger partial charge in [0.1, 0.15) is 5.75 Å². The van der Waals surface area contributed by atoms with Gasteiger partial charge in [0.05, 0.1) is 19.7 Å². The molecule has 2 amide bonds. The van der Waals surface area contributed by atoms with Gasteiger partial charge < -0.3 is 28.6 Å². The van der Waals surface area contributed by atoms with Gasteiger partial charge in [-0.25, -0.2) is 0 Å². The summed E-state index contributed by atoms with van der Waals surface area (Å²) in [5, 5.41) is 0. The normalized spacial score (nSPS) is 10.8. The van der Waals surface area contributed by atoms with Crippen LogP contribution >= 0.6 is 0 Å². The van der Waals surface area contributed by atoms with Gasteiger partial charge in [-0.2, -0.15) is 0 Å². The number of carbonyl (C=O) groups is 2. The fraction of sp³-hybridized carbons (Fsp3) is 0.379. The summed E-state index contributed by atoms with van der Waals surface area (Å²) in [6, 6.07) is 23.4. The molecule has 3 aromatic rings. The first kappa shape index (κ1) is 28.0. The van der Waals surface area contributed by atoms with Crippen molar-refractivity contribution in [2.75, 3.05) is 53.7 Å². The zero-order valence-electron chi connectivity index (χ0n) is 21.8. The molecule has 198 valence electrons. The molecule has 0 unspecified atom stereocenters. The molecule has 0 N–H and O–H groups in total. The summed E-state index contributed by atoms with van der Waals surface area (Å²) in [7, 11) is 3.23. The van der Waals surface area contributed by atoms with Crippen molar-refractivity contribution in [3.8, 4) is 5.75 Å². The molecule has 0 bridgehead atoms. The van der Waals surface area contributed by atoms with Gasteiger partial charge in [-0.05, 0) is 36.2 Å². The van der Waals surface area contributed by atoms with Crippen LogP contribution < -0.4 is 4.74 Å². The predicted molar refractivity (Wildman–Crippen MR) is 142 cm³/mol. The lowest BCUT2D eigenvalue weighted by Gasteiger charge is -2.28. The average Bonchev–Trinajstić information content (AvgIpc) is 3.36. The molecule has 3 rings (SSSR count). The highest BCUT2D eigenvalue weighted by Crippen LogP contribution is 2.12. The summed E-state index contributed by atoms with van der Waals surface area (Å²) in [5.41, 5.74) is 2.20. The highest BCUT2D eigenvalue weighted by Gasteiger charge is 2.22. The van der Waals surface area contributed by atoms with E-state index in [4.69, 9.17) is 14.2 Å². The summed E-state index contributed by atoms with van der Waals surface area (Å²) < 4.78 is 18.2.